The lowest BCUT2D eigenvalue weighted by Crippen LogP contribution is -2.18. The molecule has 0 radical (unpaired) electrons. The van der Waals surface area contributed by atoms with Gasteiger partial charge in [0, 0.05) is 5.56 Å². The fourth-order valence-corrected chi connectivity index (χ4v) is 2.26. The van der Waals surface area contributed by atoms with Gasteiger partial charge in [-0.3, -0.25) is 4.90 Å². The first-order valence-corrected chi connectivity index (χ1v) is 5.93. The summed E-state index contributed by atoms with van der Waals surface area (Å²) in [6.07, 6.45) is 7.92. The van der Waals surface area contributed by atoms with E-state index in [1.54, 1.807) is 0 Å². The van der Waals surface area contributed by atoms with Gasteiger partial charge in [-0.05, 0) is 44.1 Å². The quantitative estimate of drug-likeness (QED) is 0.736. The van der Waals surface area contributed by atoms with E-state index in [9.17, 15) is 0 Å². The fourth-order valence-electron chi connectivity index (χ4n) is 2.26. The van der Waals surface area contributed by atoms with Crippen molar-refractivity contribution in [2.24, 2.45) is 0 Å². The summed E-state index contributed by atoms with van der Waals surface area (Å²) in [6.45, 7) is 3.10. The molecule has 86 valence electrons. The molecule has 1 aromatic carbocycles. The van der Waals surface area contributed by atoms with Gasteiger partial charge in [0.05, 0.1) is 6.54 Å². The van der Waals surface area contributed by atoms with Crippen molar-refractivity contribution >= 4 is 11.1 Å². The summed E-state index contributed by atoms with van der Waals surface area (Å²) in [7, 11) is 0. The van der Waals surface area contributed by atoms with Crippen molar-refractivity contribution in [2.75, 3.05) is 13.1 Å². The van der Waals surface area contributed by atoms with Crippen LogP contribution in [-0.2, 0) is 6.54 Å². The van der Waals surface area contributed by atoms with Gasteiger partial charge in [-0.15, -0.1) is 6.42 Å². The van der Waals surface area contributed by atoms with Gasteiger partial charge in [0.15, 0.2) is 5.58 Å². The van der Waals surface area contributed by atoms with Crippen molar-refractivity contribution in [1.29, 1.82) is 0 Å². The van der Waals surface area contributed by atoms with Crippen LogP contribution >= 0.6 is 0 Å². The summed E-state index contributed by atoms with van der Waals surface area (Å²) in [5, 5.41) is 0. The van der Waals surface area contributed by atoms with E-state index in [1.807, 2.05) is 18.2 Å². The molecule has 0 N–H and O–H groups in total. The molecule has 1 aromatic heterocycles. The zero-order valence-corrected chi connectivity index (χ0v) is 9.65. The smallest absolute Gasteiger partial charge is 0.209 e. The Balaban J connectivity index is 1.88. The number of nitrogens with zero attached hydrogens (tertiary/aromatic N) is 2. The molecule has 1 saturated heterocycles. The predicted octanol–water partition coefficient (Wildman–Crippen LogP) is 2.40. The molecule has 17 heavy (non-hydrogen) atoms. The third kappa shape index (κ3) is 2.04. The Labute approximate surface area is 100 Å². The monoisotopic (exact) mass is 226 g/mol. The number of hydrogen-bond acceptors (Lipinski definition) is 3. The van der Waals surface area contributed by atoms with Crippen molar-refractivity contribution in [3.05, 3.63) is 29.7 Å². The summed E-state index contributed by atoms with van der Waals surface area (Å²) < 4.78 is 5.71. The molecule has 1 aliphatic heterocycles. The van der Waals surface area contributed by atoms with Gasteiger partial charge >= 0.3 is 0 Å². The molecule has 1 fully saturated rings. The highest BCUT2D eigenvalue weighted by atomic mass is 16.3. The van der Waals surface area contributed by atoms with E-state index in [2.05, 4.69) is 15.8 Å². The topological polar surface area (TPSA) is 29.3 Å². The first-order valence-electron chi connectivity index (χ1n) is 5.93. The van der Waals surface area contributed by atoms with Gasteiger partial charge in [-0.2, -0.15) is 0 Å². The average Bonchev–Trinajstić information content (AvgIpc) is 2.96. The fraction of sp³-hybridized carbons (Fsp3) is 0.357. The zero-order valence-electron chi connectivity index (χ0n) is 9.65. The number of aromatic nitrogens is 1. The van der Waals surface area contributed by atoms with E-state index < -0.39 is 0 Å². The Bertz CT molecular complexity index is 573. The summed E-state index contributed by atoms with van der Waals surface area (Å²) in [5.41, 5.74) is 2.52. The van der Waals surface area contributed by atoms with E-state index in [-0.39, 0.29) is 0 Å². The molecule has 0 atom stereocenters. The lowest BCUT2D eigenvalue weighted by molar-refractivity contribution is 0.295. The third-order valence-corrected chi connectivity index (χ3v) is 3.16. The van der Waals surface area contributed by atoms with Crippen LogP contribution in [0.2, 0.25) is 0 Å². The van der Waals surface area contributed by atoms with E-state index in [0.29, 0.717) is 0 Å². The summed E-state index contributed by atoms with van der Waals surface area (Å²) in [4.78, 5) is 6.85. The lowest BCUT2D eigenvalue weighted by Gasteiger charge is -2.10. The Morgan fingerprint density at radius 2 is 2.18 bits per heavy atom. The first kappa shape index (κ1) is 10.4. The molecule has 3 nitrogen and oxygen atoms in total. The lowest BCUT2D eigenvalue weighted by atomic mass is 10.2. The van der Waals surface area contributed by atoms with E-state index >= 15 is 0 Å². The van der Waals surface area contributed by atoms with Crippen LogP contribution in [0.5, 0.6) is 0 Å². The number of terminal acetylenes is 1. The van der Waals surface area contributed by atoms with Crippen LogP contribution in [0.4, 0.5) is 0 Å². The maximum absolute atomic E-state index is 5.71. The Hall–Kier alpha value is -1.79. The van der Waals surface area contributed by atoms with Gasteiger partial charge in [0.1, 0.15) is 5.52 Å². The van der Waals surface area contributed by atoms with Crippen molar-refractivity contribution in [3.8, 4) is 12.3 Å². The largest absolute Gasteiger partial charge is 0.439 e. The van der Waals surface area contributed by atoms with Crippen LogP contribution in [-0.4, -0.2) is 23.0 Å². The average molecular weight is 226 g/mol. The summed E-state index contributed by atoms with van der Waals surface area (Å²) >= 11 is 0. The number of likely N-dealkylation sites (tertiary alicyclic amines) is 1. The molecule has 0 amide bonds. The van der Waals surface area contributed by atoms with Gasteiger partial charge in [-0.25, -0.2) is 4.98 Å². The molecule has 0 spiro atoms. The van der Waals surface area contributed by atoms with Crippen molar-refractivity contribution in [1.82, 2.24) is 9.88 Å². The van der Waals surface area contributed by atoms with Gasteiger partial charge in [-0.1, -0.05) is 5.92 Å². The first-order chi connectivity index (χ1) is 8.35. The molecular formula is C14H14N2O. The van der Waals surface area contributed by atoms with Crippen LogP contribution in [0.1, 0.15) is 24.3 Å². The van der Waals surface area contributed by atoms with Crippen molar-refractivity contribution in [2.45, 2.75) is 19.4 Å². The molecule has 1 aliphatic rings. The minimum absolute atomic E-state index is 0.788. The van der Waals surface area contributed by atoms with Gasteiger partial charge in [0.25, 0.3) is 0 Å². The predicted molar refractivity (Wildman–Crippen MR) is 66.5 cm³/mol. The standard InChI is InChI=1S/C14H14N2O/c1-2-11-5-6-13-12(9-11)15-14(17-13)10-16-7-3-4-8-16/h1,5-6,9H,3-4,7-8,10H2. The number of benzene rings is 1. The third-order valence-electron chi connectivity index (χ3n) is 3.16. The van der Waals surface area contributed by atoms with Crippen LogP contribution in [0.15, 0.2) is 22.6 Å². The maximum atomic E-state index is 5.71. The molecule has 3 heteroatoms. The Morgan fingerprint density at radius 1 is 1.35 bits per heavy atom. The molecular weight excluding hydrogens is 212 g/mol. The SMILES string of the molecule is C#Cc1ccc2oc(CN3CCCC3)nc2c1. The summed E-state index contributed by atoms with van der Waals surface area (Å²) in [5.74, 6) is 3.40. The van der Waals surface area contributed by atoms with Crippen LogP contribution in [0, 0.1) is 12.3 Å². The molecule has 0 saturated carbocycles. The molecule has 0 bridgehead atoms. The molecule has 0 unspecified atom stereocenters. The second kappa shape index (κ2) is 4.23. The minimum atomic E-state index is 0.788. The highest BCUT2D eigenvalue weighted by Crippen LogP contribution is 2.19. The minimum Gasteiger partial charge on any atom is -0.439 e. The second-order valence-corrected chi connectivity index (χ2v) is 4.42. The van der Waals surface area contributed by atoms with Crippen LogP contribution in [0.3, 0.4) is 0 Å². The van der Waals surface area contributed by atoms with E-state index in [4.69, 9.17) is 10.8 Å². The van der Waals surface area contributed by atoms with Gasteiger partial charge in [0.2, 0.25) is 5.89 Å². The molecule has 2 heterocycles. The molecule has 2 aromatic rings. The van der Waals surface area contributed by atoms with E-state index in [0.717, 1.165) is 42.2 Å². The number of rotatable bonds is 2. The normalized spacial score (nSPS) is 16.4. The Morgan fingerprint density at radius 3 is 2.94 bits per heavy atom. The molecule has 3 rings (SSSR count). The zero-order chi connectivity index (χ0) is 11.7. The van der Waals surface area contributed by atoms with Crippen molar-refractivity contribution < 1.29 is 4.42 Å². The number of oxazole rings is 1. The van der Waals surface area contributed by atoms with Crippen LogP contribution in [0.25, 0.3) is 11.1 Å². The highest BCUT2D eigenvalue weighted by Gasteiger charge is 2.15. The van der Waals surface area contributed by atoms with Crippen LogP contribution < -0.4 is 0 Å². The summed E-state index contributed by atoms with van der Waals surface area (Å²) in [6, 6.07) is 5.67. The molecule has 0 aliphatic carbocycles. The maximum Gasteiger partial charge on any atom is 0.209 e. The van der Waals surface area contributed by atoms with Gasteiger partial charge < -0.3 is 4.42 Å². The van der Waals surface area contributed by atoms with Crippen molar-refractivity contribution in [3.63, 3.8) is 0 Å². The highest BCUT2D eigenvalue weighted by molar-refractivity contribution is 5.74. The second-order valence-electron chi connectivity index (χ2n) is 4.42. The number of hydrogen-bond donors (Lipinski definition) is 0. The Kier molecular flexibility index (Phi) is 2.58. The number of fused-ring (bicyclic) bond motifs is 1. The van der Waals surface area contributed by atoms with E-state index in [1.165, 1.54) is 12.8 Å².